The third kappa shape index (κ3) is 11.6. The van der Waals surface area contributed by atoms with Crippen LogP contribution in [0.4, 0.5) is 0 Å². The zero-order chi connectivity index (χ0) is 28.1. The van der Waals surface area contributed by atoms with E-state index in [9.17, 15) is 38.7 Å². The highest BCUT2D eigenvalue weighted by molar-refractivity contribution is 5.95. The molecule has 17 heteroatoms. The smallest absolute Gasteiger partial charge is 0.326 e. The fourth-order valence-electron chi connectivity index (χ4n) is 2.99. The number of H-pyrrole nitrogens is 1. The number of nitrogens with zero attached hydrogens (tertiary/aromatic N) is 1. The number of aromatic amines is 1. The van der Waals surface area contributed by atoms with Gasteiger partial charge < -0.3 is 47.1 Å². The quantitative estimate of drug-likeness (QED) is 0.0976. The molecule has 4 unspecified atom stereocenters. The van der Waals surface area contributed by atoms with Crippen LogP contribution < -0.4 is 21.7 Å². The molecule has 0 saturated heterocycles. The number of nitrogens with one attached hydrogen (secondary N) is 4. The summed E-state index contributed by atoms with van der Waals surface area (Å²) in [6.45, 7) is 0. The Balaban J connectivity index is 3.04. The molecule has 1 heterocycles. The number of carbonyl (C=O) groups is 7. The van der Waals surface area contributed by atoms with Crippen LogP contribution in [0.1, 0.15) is 37.8 Å². The monoisotopic (exact) mass is 528 g/mol. The van der Waals surface area contributed by atoms with Crippen LogP contribution in [0, 0.1) is 0 Å². The highest BCUT2D eigenvalue weighted by atomic mass is 16.4. The van der Waals surface area contributed by atoms with Crippen molar-refractivity contribution < 1.29 is 54.0 Å². The Morgan fingerprint density at radius 2 is 1.27 bits per heavy atom. The summed E-state index contributed by atoms with van der Waals surface area (Å²) in [6, 6.07) is -6.20. The summed E-state index contributed by atoms with van der Waals surface area (Å²) < 4.78 is 0. The van der Waals surface area contributed by atoms with E-state index in [0.717, 1.165) is 0 Å². The summed E-state index contributed by atoms with van der Waals surface area (Å²) >= 11 is 0. The van der Waals surface area contributed by atoms with E-state index in [1.165, 1.54) is 12.5 Å². The maximum absolute atomic E-state index is 12.8. The number of rotatable bonds is 17. The van der Waals surface area contributed by atoms with Gasteiger partial charge in [-0.1, -0.05) is 0 Å². The van der Waals surface area contributed by atoms with E-state index >= 15 is 0 Å². The third-order valence-electron chi connectivity index (χ3n) is 4.88. The Labute approximate surface area is 208 Å². The molecule has 1 aromatic rings. The van der Waals surface area contributed by atoms with Crippen molar-refractivity contribution in [1.29, 1.82) is 0 Å². The van der Waals surface area contributed by atoms with Crippen LogP contribution in [0.15, 0.2) is 12.5 Å². The molecular formula is C20H28N6O11. The predicted octanol–water partition coefficient (Wildman–Crippen LogP) is -2.98. The number of carbonyl (C=O) groups excluding carboxylic acids is 3. The minimum absolute atomic E-state index is 0.209. The van der Waals surface area contributed by atoms with Crippen LogP contribution >= 0.6 is 0 Å². The molecule has 0 bridgehead atoms. The summed E-state index contributed by atoms with van der Waals surface area (Å²) in [5.41, 5.74) is 5.83. The standard InChI is InChI=1S/C20H28N6O11/c21-10(6-16(31)32)17(33)24-11(1-3-14(27)28)18(34)25-12(2-4-15(29)30)19(35)26-13(20(36)37)5-9-7-22-8-23-9/h7-8,10-13H,1-6,21H2,(H,22,23)(H,24,33)(H,25,34)(H,26,35)(H,27,28)(H,29,30)(H,31,32)(H,36,37). The number of carboxylic acid groups (broad SMARTS) is 4. The summed E-state index contributed by atoms with van der Waals surface area (Å²) in [6.07, 6.45) is -0.527. The lowest BCUT2D eigenvalue weighted by Crippen LogP contribution is -2.57. The van der Waals surface area contributed by atoms with Crippen molar-refractivity contribution >= 4 is 41.6 Å². The molecule has 0 saturated carbocycles. The minimum Gasteiger partial charge on any atom is -0.481 e. The van der Waals surface area contributed by atoms with E-state index in [1.807, 2.05) is 0 Å². The molecule has 0 fully saturated rings. The second-order valence-corrected chi connectivity index (χ2v) is 7.87. The molecule has 37 heavy (non-hydrogen) atoms. The van der Waals surface area contributed by atoms with E-state index in [4.69, 9.17) is 21.1 Å². The maximum atomic E-state index is 12.8. The lowest BCUT2D eigenvalue weighted by molar-refractivity contribution is -0.143. The van der Waals surface area contributed by atoms with Gasteiger partial charge in [-0.15, -0.1) is 0 Å². The van der Waals surface area contributed by atoms with Gasteiger partial charge in [0.1, 0.15) is 18.1 Å². The largest absolute Gasteiger partial charge is 0.481 e. The molecule has 0 radical (unpaired) electrons. The summed E-state index contributed by atoms with van der Waals surface area (Å²) in [5.74, 6) is -8.70. The Hall–Kier alpha value is -4.54. The number of carboxylic acids is 4. The number of aromatic nitrogens is 2. The molecule has 0 spiro atoms. The van der Waals surface area contributed by atoms with Crippen LogP contribution in [0.2, 0.25) is 0 Å². The van der Waals surface area contributed by atoms with Gasteiger partial charge in [0.2, 0.25) is 17.7 Å². The number of hydrogen-bond donors (Lipinski definition) is 9. The van der Waals surface area contributed by atoms with Crippen LogP contribution in [0.25, 0.3) is 0 Å². The summed E-state index contributed by atoms with van der Waals surface area (Å²) in [5, 5.41) is 42.6. The van der Waals surface area contributed by atoms with Gasteiger partial charge in [-0.3, -0.25) is 28.8 Å². The molecule has 0 aromatic carbocycles. The number of amides is 3. The average molecular weight is 528 g/mol. The zero-order valence-corrected chi connectivity index (χ0v) is 19.4. The molecule has 10 N–H and O–H groups in total. The van der Waals surface area contributed by atoms with E-state index in [-0.39, 0.29) is 6.42 Å². The van der Waals surface area contributed by atoms with Gasteiger partial charge in [0.25, 0.3) is 0 Å². The first-order valence-corrected chi connectivity index (χ1v) is 10.8. The van der Waals surface area contributed by atoms with Gasteiger partial charge >= 0.3 is 23.9 Å². The van der Waals surface area contributed by atoms with Crippen molar-refractivity contribution in [3.8, 4) is 0 Å². The lowest BCUT2D eigenvalue weighted by atomic mass is 10.1. The highest BCUT2D eigenvalue weighted by Crippen LogP contribution is 2.06. The maximum Gasteiger partial charge on any atom is 0.326 e. The van der Waals surface area contributed by atoms with E-state index < -0.39 is 97.9 Å². The zero-order valence-electron chi connectivity index (χ0n) is 19.4. The Morgan fingerprint density at radius 3 is 1.68 bits per heavy atom. The first kappa shape index (κ1) is 30.5. The van der Waals surface area contributed by atoms with E-state index in [0.29, 0.717) is 5.69 Å². The molecule has 204 valence electrons. The molecule has 1 rings (SSSR count). The van der Waals surface area contributed by atoms with Crippen molar-refractivity contribution in [2.45, 2.75) is 62.7 Å². The second kappa shape index (κ2) is 14.8. The normalized spacial score (nSPS) is 13.9. The van der Waals surface area contributed by atoms with Gasteiger partial charge in [-0.2, -0.15) is 0 Å². The third-order valence-corrected chi connectivity index (χ3v) is 4.88. The number of aliphatic carboxylic acids is 4. The molecule has 1 aromatic heterocycles. The molecule has 4 atom stereocenters. The van der Waals surface area contributed by atoms with E-state index in [1.54, 1.807) is 0 Å². The van der Waals surface area contributed by atoms with Crippen molar-refractivity contribution in [2.75, 3.05) is 0 Å². The van der Waals surface area contributed by atoms with Crippen LogP contribution in [-0.4, -0.2) is 96.2 Å². The first-order chi connectivity index (χ1) is 17.3. The lowest BCUT2D eigenvalue weighted by Gasteiger charge is -2.24. The molecule has 0 aliphatic heterocycles. The summed E-state index contributed by atoms with van der Waals surface area (Å²) in [4.78, 5) is 88.6. The van der Waals surface area contributed by atoms with Crippen molar-refractivity contribution in [3.05, 3.63) is 18.2 Å². The first-order valence-electron chi connectivity index (χ1n) is 10.8. The molecule has 0 aliphatic carbocycles. The topological polar surface area (TPSA) is 291 Å². The van der Waals surface area contributed by atoms with Crippen LogP contribution in [0.5, 0.6) is 0 Å². The van der Waals surface area contributed by atoms with E-state index in [2.05, 4.69) is 25.9 Å². The van der Waals surface area contributed by atoms with Gasteiger partial charge in [0, 0.05) is 31.2 Å². The molecule has 3 amide bonds. The molecule has 0 aliphatic rings. The van der Waals surface area contributed by atoms with Gasteiger partial charge in [0.15, 0.2) is 0 Å². The number of nitrogens with two attached hydrogens (primary N) is 1. The average Bonchev–Trinajstić information content (AvgIpc) is 3.30. The minimum atomic E-state index is -1.58. The molecule has 17 nitrogen and oxygen atoms in total. The fourth-order valence-corrected chi connectivity index (χ4v) is 2.99. The van der Waals surface area contributed by atoms with Crippen LogP contribution in [-0.2, 0) is 40.0 Å². The SMILES string of the molecule is NC(CC(=O)O)C(=O)NC(CCC(=O)O)C(=O)NC(CCC(=O)O)C(=O)NC(Cc1cnc[nH]1)C(=O)O. The van der Waals surface area contributed by atoms with Crippen molar-refractivity contribution in [2.24, 2.45) is 5.73 Å². The number of hydrogen-bond acceptors (Lipinski definition) is 9. The Morgan fingerprint density at radius 1 is 0.784 bits per heavy atom. The molecular weight excluding hydrogens is 500 g/mol. The Kier molecular flexibility index (Phi) is 12.2. The highest BCUT2D eigenvalue weighted by Gasteiger charge is 2.31. The predicted molar refractivity (Wildman–Crippen MR) is 120 cm³/mol. The number of imidazole rings is 1. The summed E-state index contributed by atoms with van der Waals surface area (Å²) in [7, 11) is 0. The van der Waals surface area contributed by atoms with Crippen molar-refractivity contribution in [1.82, 2.24) is 25.9 Å². The van der Waals surface area contributed by atoms with Gasteiger partial charge in [-0.25, -0.2) is 9.78 Å². The second-order valence-electron chi connectivity index (χ2n) is 7.87. The van der Waals surface area contributed by atoms with Gasteiger partial charge in [0.05, 0.1) is 18.8 Å². The fraction of sp³-hybridized carbons (Fsp3) is 0.500. The van der Waals surface area contributed by atoms with Crippen molar-refractivity contribution in [3.63, 3.8) is 0 Å². The Bertz CT molecular complexity index is 997. The van der Waals surface area contributed by atoms with Crippen LogP contribution in [0.3, 0.4) is 0 Å². The van der Waals surface area contributed by atoms with Gasteiger partial charge in [-0.05, 0) is 12.8 Å².